The van der Waals surface area contributed by atoms with Gasteiger partial charge < -0.3 is 20.3 Å². The number of aliphatic hydroxyl groups is 2. The van der Waals surface area contributed by atoms with Gasteiger partial charge in [0.05, 0.1) is 25.2 Å². The number of carbonyl (C=O) groups is 2. The highest BCUT2D eigenvalue weighted by molar-refractivity contribution is 5.77. The normalized spacial score (nSPS) is 13.2. The van der Waals surface area contributed by atoms with E-state index in [4.69, 9.17) is 4.74 Å². The molecule has 0 aliphatic rings. The summed E-state index contributed by atoms with van der Waals surface area (Å²) in [7, 11) is 0. The Kier molecular flexibility index (Phi) is 48.5. The standard InChI is InChI=1S/C55H107NO5/c1-4-7-10-13-16-19-21-23-25-27-28-30-32-34-36-39-42-45-48-55(60)61-51(46-43-40-37-18-15-12-9-6-3)49-54(59)56-52(50-57)53(58)47-44-41-38-35-33-31-29-26-24-22-20-17-14-11-8-5-2/h28,30,51-53,57-58H,4-27,29,31-50H2,1-3H3,(H,56,59)/b30-28+. The van der Waals surface area contributed by atoms with E-state index in [1.165, 1.54) is 205 Å². The lowest BCUT2D eigenvalue weighted by Gasteiger charge is -2.24. The van der Waals surface area contributed by atoms with Crippen molar-refractivity contribution in [2.45, 2.75) is 322 Å². The molecule has 0 spiro atoms. The van der Waals surface area contributed by atoms with Crippen molar-refractivity contribution in [3.05, 3.63) is 12.2 Å². The number of carbonyl (C=O) groups excluding carboxylic acids is 2. The van der Waals surface area contributed by atoms with Crippen LogP contribution in [0.15, 0.2) is 12.2 Å². The van der Waals surface area contributed by atoms with Crippen molar-refractivity contribution in [3.8, 4) is 0 Å². The molecule has 0 rings (SSSR count). The number of aliphatic hydroxyl groups excluding tert-OH is 2. The largest absolute Gasteiger partial charge is 0.462 e. The van der Waals surface area contributed by atoms with E-state index < -0.39 is 18.2 Å². The van der Waals surface area contributed by atoms with Crippen LogP contribution in [-0.2, 0) is 14.3 Å². The topological polar surface area (TPSA) is 95.9 Å². The van der Waals surface area contributed by atoms with E-state index in [2.05, 4.69) is 38.2 Å². The van der Waals surface area contributed by atoms with E-state index in [0.717, 1.165) is 51.4 Å². The number of allylic oxidation sites excluding steroid dienone is 2. The fourth-order valence-electron chi connectivity index (χ4n) is 8.66. The summed E-state index contributed by atoms with van der Waals surface area (Å²) in [6, 6.07) is -0.696. The fourth-order valence-corrected chi connectivity index (χ4v) is 8.66. The van der Waals surface area contributed by atoms with Gasteiger partial charge in [-0.1, -0.05) is 251 Å². The molecule has 0 aromatic carbocycles. The molecule has 0 aliphatic heterocycles. The van der Waals surface area contributed by atoms with Gasteiger partial charge >= 0.3 is 5.97 Å². The van der Waals surface area contributed by atoms with Crippen LogP contribution in [0.3, 0.4) is 0 Å². The summed E-state index contributed by atoms with van der Waals surface area (Å²) in [5.74, 6) is -0.469. The minimum atomic E-state index is -0.783. The number of hydrogen-bond acceptors (Lipinski definition) is 5. The lowest BCUT2D eigenvalue weighted by molar-refractivity contribution is -0.151. The quantitative estimate of drug-likeness (QED) is 0.0322. The van der Waals surface area contributed by atoms with Gasteiger partial charge in [0, 0.05) is 6.42 Å². The minimum Gasteiger partial charge on any atom is -0.462 e. The van der Waals surface area contributed by atoms with Crippen molar-refractivity contribution in [3.63, 3.8) is 0 Å². The SMILES string of the molecule is CCCCCCCCCCC/C=C/CCCCCCCC(=O)OC(CCCCCCCCCC)CC(=O)NC(CO)C(O)CCCCCCCCCCCCCCCCCC. The predicted octanol–water partition coefficient (Wildman–Crippen LogP) is 16.5. The first-order chi connectivity index (χ1) is 30.0. The molecule has 61 heavy (non-hydrogen) atoms. The van der Waals surface area contributed by atoms with Crippen LogP contribution in [0, 0.1) is 0 Å². The number of hydrogen-bond donors (Lipinski definition) is 3. The Morgan fingerprint density at radius 3 is 1.16 bits per heavy atom. The molecule has 0 bridgehead atoms. The summed E-state index contributed by atoms with van der Waals surface area (Å²) in [4.78, 5) is 26.1. The second kappa shape index (κ2) is 49.6. The van der Waals surface area contributed by atoms with Gasteiger partial charge in [0.25, 0.3) is 0 Å². The van der Waals surface area contributed by atoms with E-state index in [1.54, 1.807) is 0 Å². The maximum absolute atomic E-state index is 13.2. The maximum Gasteiger partial charge on any atom is 0.306 e. The molecule has 0 radical (unpaired) electrons. The summed E-state index contributed by atoms with van der Waals surface area (Å²) in [6.45, 7) is 6.49. The van der Waals surface area contributed by atoms with E-state index in [0.29, 0.717) is 19.3 Å². The van der Waals surface area contributed by atoms with Crippen LogP contribution in [0.25, 0.3) is 0 Å². The number of rotatable bonds is 50. The number of esters is 1. The first kappa shape index (κ1) is 59.6. The maximum atomic E-state index is 13.2. The minimum absolute atomic E-state index is 0.0805. The molecular weight excluding hydrogens is 755 g/mol. The lowest BCUT2D eigenvalue weighted by atomic mass is 10.0. The summed E-state index contributed by atoms with van der Waals surface area (Å²) in [5.41, 5.74) is 0. The third kappa shape index (κ3) is 45.0. The first-order valence-corrected chi connectivity index (χ1v) is 27.4. The molecule has 0 heterocycles. The van der Waals surface area contributed by atoms with Crippen molar-refractivity contribution >= 4 is 11.9 Å². The Morgan fingerprint density at radius 2 is 0.787 bits per heavy atom. The summed E-state index contributed by atoms with van der Waals surface area (Å²) in [6.07, 6.45) is 55.7. The second-order valence-corrected chi connectivity index (χ2v) is 19.0. The number of nitrogens with one attached hydrogen (secondary N) is 1. The Hall–Kier alpha value is -1.40. The monoisotopic (exact) mass is 862 g/mol. The van der Waals surface area contributed by atoms with Crippen molar-refractivity contribution in [1.29, 1.82) is 0 Å². The van der Waals surface area contributed by atoms with Crippen molar-refractivity contribution in [1.82, 2.24) is 5.32 Å². The molecular formula is C55H107NO5. The van der Waals surface area contributed by atoms with Gasteiger partial charge in [-0.25, -0.2) is 0 Å². The molecule has 0 aliphatic carbocycles. The summed E-state index contributed by atoms with van der Waals surface area (Å²) >= 11 is 0. The van der Waals surface area contributed by atoms with Crippen LogP contribution in [-0.4, -0.2) is 46.9 Å². The molecule has 0 aromatic heterocycles. The van der Waals surface area contributed by atoms with Gasteiger partial charge in [0.1, 0.15) is 6.10 Å². The Morgan fingerprint density at radius 1 is 0.459 bits per heavy atom. The average Bonchev–Trinajstić information content (AvgIpc) is 3.25. The fraction of sp³-hybridized carbons (Fsp3) is 0.927. The molecule has 0 saturated heterocycles. The molecule has 3 N–H and O–H groups in total. The molecule has 6 heteroatoms. The smallest absolute Gasteiger partial charge is 0.306 e. The number of amides is 1. The predicted molar refractivity (Wildman–Crippen MR) is 264 cm³/mol. The molecule has 6 nitrogen and oxygen atoms in total. The first-order valence-electron chi connectivity index (χ1n) is 27.4. The third-order valence-corrected chi connectivity index (χ3v) is 12.8. The molecule has 3 atom stereocenters. The highest BCUT2D eigenvalue weighted by Crippen LogP contribution is 2.18. The zero-order valence-electron chi connectivity index (χ0n) is 41.3. The summed E-state index contributed by atoms with van der Waals surface area (Å²) < 4.78 is 5.92. The highest BCUT2D eigenvalue weighted by atomic mass is 16.5. The van der Waals surface area contributed by atoms with Crippen LogP contribution < -0.4 is 5.32 Å². The van der Waals surface area contributed by atoms with Crippen molar-refractivity contribution in [2.75, 3.05) is 6.61 Å². The summed E-state index contributed by atoms with van der Waals surface area (Å²) in [5, 5.41) is 23.8. The van der Waals surface area contributed by atoms with Crippen LogP contribution in [0.2, 0.25) is 0 Å². The van der Waals surface area contributed by atoms with E-state index in [1.807, 2.05) is 0 Å². The van der Waals surface area contributed by atoms with Gasteiger partial charge in [-0.3, -0.25) is 9.59 Å². The second-order valence-electron chi connectivity index (χ2n) is 19.0. The van der Waals surface area contributed by atoms with E-state index in [9.17, 15) is 19.8 Å². The Labute approximate surface area is 380 Å². The zero-order valence-corrected chi connectivity index (χ0v) is 41.3. The van der Waals surface area contributed by atoms with Crippen molar-refractivity contribution < 1.29 is 24.5 Å². The lowest BCUT2D eigenvalue weighted by Crippen LogP contribution is -2.46. The Bertz CT molecular complexity index is 924. The van der Waals surface area contributed by atoms with Gasteiger partial charge in [-0.2, -0.15) is 0 Å². The van der Waals surface area contributed by atoms with Gasteiger partial charge in [0.15, 0.2) is 0 Å². The average molecular weight is 862 g/mol. The van der Waals surface area contributed by atoms with Crippen molar-refractivity contribution in [2.24, 2.45) is 0 Å². The van der Waals surface area contributed by atoms with Crippen LogP contribution >= 0.6 is 0 Å². The van der Waals surface area contributed by atoms with Gasteiger partial charge in [-0.05, 0) is 51.4 Å². The molecule has 0 saturated carbocycles. The van der Waals surface area contributed by atoms with E-state index >= 15 is 0 Å². The van der Waals surface area contributed by atoms with Gasteiger partial charge in [0.2, 0.25) is 5.91 Å². The number of ether oxygens (including phenoxy) is 1. The van der Waals surface area contributed by atoms with Gasteiger partial charge in [-0.15, -0.1) is 0 Å². The van der Waals surface area contributed by atoms with Crippen LogP contribution in [0.1, 0.15) is 303 Å². The molecule has 0 aromatic rings. The number of unbranched alkanes of at least 4 members (excludes halogenated alkanes) is 36. The van der Waals surface area contributed by atoms with Crippen LogP contribution in [0.4, 0.5) is 0 Å². The van der Waals surface area contributed by atoms with Crippen LogP contribution in [0.5, 0.6) is 0 Å². The molecule has 3 unspecified atom stereocenters. The molecule has 362 valence electrons. The zero-order chi connectivity index (χ0) is 44.5. The Balaban J connectivity index is 4.34. The van der Waals surface area contributed by atoms with E-state index in [-0.39, 0.29) is 24.9 Å². The highest BCUT2D eigenvalue weighted by Gasteiger charge is 2.24. The molecule has 0 fully saturated rings. The molecule has 1 amide bonds. The third-order valence-electron chi connectivity index (χ3n) is 12.8.